The summed E-state index contributed by atoms with van der Waals surface area (Å²) in [6.07, 6.45) is 8.91. The molecule has 5 N–H and O–H groups in total. The van der Waals surface area contributed by atoms with Crippen LogP contribution in [0.3, 0.4) is 0 Å². The number of halogens is 2. The molecule has 3 heterocycles. The molecule has 8 nitrogen and oxygen atoms in total. The molecule has 0 radical (unpaired) electrons. The molecule has 10 heteroatoms. The Bertz CT molecular complexity index is 1700. The Morgan fingerprint density at radius 2 is 1.84 bits per heavy atom. The van der Waals surface area contributed by atoms with Crippen LogP contribution in [0.2, 0.25) is 0 Å². The van der Waals surface area contributed by atoms with Crippen molar-refractivity contribution in [2.45, 2.75) is 26.7 Å². The molecule has 0 aliphatic carbocycles. The zero-order chi connectivity index (χ0) is 31.1. The van der Waals surface area contributed by atoms with Gasteiger partial charge in [0.1, 0.15) is 17.5 Å². The number of imidazole rings is 1. The zero-order valence-corrected chi connectivity index (χ0v) is 25.1. The summed E-state index contributed by atoms with van der Waals surface area (Å²) in [5, 5.41) is 6.42. The highest BCUT2D eigenvalue weighted by atomic mass is 19.1. The lowest BCUT2D eigenvalue weighted by Gasteiger charge is -2.13. The SMILES string of the molecule is C=C(CC)Nc1cncc(C(=C)/C(F)=C(Cc2nc3c(-c4cc(F)cc(NCCN(C)C)c4)cncc3[nH]2)\C(N)=C/C)c1. The third-order valence-electron chi connectivity index (χ3n) is 6.91. The Morgan fingerprint density at radius 3 is 2.56 bits per heavy atom. The first kappa shape index (κ1) is 31.1. The number of fused-ring (bicyclic) bond motifs is 1. The Labute approximate surface area is 251 Å². The van der Waals surface area contributed by atoms with Gasteiger partial charge >= 0.3 is 0 Å². The van der Waals surface area contributed by atoms with Gasteiger partial charge in [0.05, 0.1) is 29.1 Å². The molecule has 0 unspecified atom stereocenters. The summed E-state index contributed by atoms with van der Waals surface area (Å²) >= 11 is 0. The summed E-state index contributed by atoms with van der Waals surface area (Å²) in [5.74, 6) is -0.473. The molecule has 4 aromatic rings. The number of hydrogen-bond acceptors (Lipinski definition) is 7. The number of nitrogens with zero attached hydrogens (tertiary/aromatic N) is 4. The lowest BCUT2D eigenvalue weighted by atomic mass is 10.00. The first-order chi connectivity index (χ1) is 20.6. The van der Waals surface area contributed by atoms with Gasteiger partial charge in [0, 0.05) is 71.3 Å². The molecule has 1 aromatic carbocycles. The van der Waals surface area contributed by atoms with Crippen molar-refractivity contribution in [3.05, 3.63) is 108 Å². The molecule has 43 heavy (non-hydrogen) atoms. The minimum atomic E-state index is -0.568. The summed E-state index contributed by atoms with van der Waals surface area (Å²) in [6, 6.07) is 6.53. The van der Waals surface area contributed by atoms with Gasteiger partial charge in [-0.2, -0.15) is 0 Å². The molecule has 0 aliphatic heterocycles. The molecule has 0 saturated carbocycles. The van der Waals surface area contributed by atoms with Gasteiger partial charge in [0.25, 0.3) is 0 Å². The third-order valence-corrected chi connectivity index (χ3v) is 6.91. The largest absolute Gasteiger partial charge is 0.399 e. The number of pyridine rings is 2. The van der Waals surface area contributed by atoms with Crippen LogP contribution < -0.4 is 16.4 Å². The highest BCUT2D eigenvalue weighted by molar-refractivity contribution is 5.91. The number of nitrogens with two attached hydrogens (primary N) is 1. The molecular formula is C33H38F2N8. The van der Waals surface area contributed by atoms with Crippen LogP contribution in [-0.4, -0.2) is 52.0 Å². The monoisotopic (exact) mass is 584 g/mol. The molecule has 0 atom stereocenters. The first-order valence-corrected chi connectivity index (χ1v) is 14.0. The van der Waals surface area contributed by atoms with Gasteiger partial charge in [-0.1, -0.05) is 26.2 Å². The lowest BCUT2D eigenvalue weighted by molar-refractivity contribution is 0.425. The van der Waals surface area contributed by atoms with Crippen LogP contribution in [0.4, 0.5) is 20.2 Å². The van der Waals surface area contributed by atoms with E-state index in [1.54, 1.807) is 43.9 Å². The fourth-order valence-corrected chi connectivity index (χ4v) is 4.47. The maximum Gasteiger partial charge on any atom is 0.136 e. The maximum absolute atomic E-state index is 16.1. The number of allylic oxidation sites excluding steroid dienone is 5. The van der Waals surface area contributed by atoms with Crippen LogP contribution in [0.25, 0.3) is 27.7 Å². The van der Waals surface area contributed by atoms with E-state index in [9.17, 15) is 4.39 Å². The quantitative estimate of drug-likeness (QED) is 0.128. The summed E-state index contributed by atoms with van der Waals surface area (Å²) in [5.41, 5.74) is 12.1. The maximum atomic E-state index is 16.1. The Morgan fingerprint density at radius 1 is 1.07 bits per heavy atom. The van der Waals surface area contributed by atoms with E-state index in [0.29, 0.717) is 51.5 Å². The number of aromatic nitrogens is 4. The van der Waals surface area contributed by atoms with E-state index in [-0.39, 0.29) is 29.1 Å². The molecule has 0 saturated heterocycles. The molecular weight excluding hydrogens is 546 g/mol. The number of H-pyrrole nitrogens is 1. The van der Waals surface area contributed by atoms with Gasteiger partial charge < -0.3 is 26.3 Å². The van der Waals surface area contributed by atoms with Crippen LogP contribution >= 0.6 is 0 Å². The van der Waals surface area contributed by atoms with E-state index < -0.39 is 5.83 Å². The standard InChI is InChI=1S/C33H38F2N8/c1-7-20(3)40-26-13-23(16-37-17-26)21(4)32(35)27(29(36)8-2)15-31-41-30-19-38-18-28(33(30)42-31)22-11-24(34)14-25(12-22)39-9-10-43(5)6/h8,11-14,16-19,39-40H,3-4,7,9-10,15,36H2,1-2,5-6H3,(H,41,42)/b29-8+,32-27+. The number of rotatable bonds is 13. The van der Waals surface area contributed by atoms with Gasteiger partial charge in [-0.25, -0.2) is 13.8 Å². The second kappa shape index (κ2) is 13.9. The Hall–Kier alpha value is -4.83. The number of hydrogen-bond donors (Lipinski definition) is 4. The van der Waals surface area contributed by atoms with Crippen molar-refractivity contribution < 1.29 is 8.78 Å². The summed E-state index contributed by atoms with van der Waals surface area (Å²) < 4.78 is 30.7. The first-order valence-electron chi connectivity index (χ1n) is 14.0. The van der Waals surface area contributed by atoms with Gasteiger partial charge in [-0.05, 0) is 57.3 Å². The predicted molar refractivity (Wildman–Crippen MR) is 172 cm³/mol. The van der Waals surface area contributed by atoms with Gasteiger partial charge in [0.15, 0.2) is 0 Å². The highest BCUT2D eigenvalue weighted by Crippen LogP contribution is 2.32. The number of anilines is 2. The van der Waals surface area contributed by atoms with Crippen LogP contribution in [-0.2, 0) is 6.42 Å². The topological polar surface area (TPSA) is 108 Å². The van der Waals surface area contributed by atoms with Crippen LogP contribution in [0, 0.1) is 5.82 Å². The average molecular weight is 585 g/mol. The van der Waals surface area contributed by atoms with E-state index in [4.69, 9.17) is 10.7 Å². The average Bonchev–Trinajstić information content (AvgIpc) is 3.41. The lowest BCUT2D eigenvalue weighted by Crippen LogP contribution is -2.20. The van der Waals surface area contributed by atoms with E-state index in [1.807, 2.05) is 32.0 Å². The van der Waals surface area contributed by atoms with Gasteiger partial charge in [-0.15, -0.1) is 0 Å². The molecule has 0 amide bonds. The highest BCUT2D eigenvalue weighted by Gasteiger charge is 2.19. The van der Waals surface area contributed by atoms with Crippen molar-refractivity contribution >= 4 is 28.0 Å². The van der Waals surface area contributed by atoms with E-state index in [2.05, 4.69) is 38.7 Å². The minimum Gasteiger partial charge on any atom is -0.399 e. The summed E-state index contributed by atoms with van der Waals surface area (Å²) in [6.45, 7) is 13.1. The number of nitrogens with one attached hydrogen (secondary N) is 3. The fraction of sp³-hybridized carbons (Fsp3) is 0.242. The summed E-state index contributed by atoms with van der Waals surface area (Å²) in [7, 11) is 3.95. The van der Waals surface area contributed by atoms with Crippen molar-refractivity contribution in [2.24, 2.45) is 5.73 Å². The zero-order valence-electron chi connectivity index (χ0n) is 25.1. The van der Waals surface area contributed by atoms with Crippen molar-refractivity contribution in [2.75, 3.05) is 37.8 Å². The number of benzene rings is 1. The summed E-state index contributed by atoms with van der Waals surface area (Å²) in [4.78, 5) is 18.6. The van der Waals surface area contributed by atoms with Crippen LogP contribution in [0.1, 0.15) is 31.7 Å². The third kappa shape index (κ3) is 7.72. The Balaban J connectivity index is 1.67. The molecule has 3 aromatic heterocycles. The molecule has 0 bridgehead atoms. The van der Waals surface area contributed by atoms with Crippen molar-refractivity contribution in [3.63, 3.8) is 0 Å². The normalized spacial score (nSPS) is 12.4. The minimum absolute atomic E-state index is 0.0631. The Kier molecular flexibility index (Phi) is 10.0. The molecule has 0 aliphatic rings. The van der Waals surface area contributed by atoms with Crippen molar-refractivity contribution in [1.82, 2.24) is 24.8 Å². The van der Waals surface area contributed by atoms with Crippen molar-refractivity contribution in [1.29, 1.82) is 0 Å². The predicted octanol–water partition coefficient (Wildman–Crippen LogP) is 6.81. The van der Waals surface area contributed by atoms with Gasteiger partial charge in [0.2, 0.25) is 0 Å². The molecule has 0 fully saturated rings. The molecule has 4 rings (SSSR count). The van der Waals surface area contributed by atoms with Crippen LogP contribution in [0.5, 0.6) is 0 Å². The van der Waals surface area contributed by atoms with Gasteiger partial charge in [-0.3, -0.25) is 9.97 Å². The second-order valence-electron chi connectivity index (χ2n) is 10.5. The fourth-order valence-electron chi connectivity index (χ4n) is 4.47. The second-order valence-corrected chi connectivity index (χ2v) is 10.5. The van der Waals surface area contributed by atoms with E-state index in [1.165, 1.54) is 12.1 Å². The number of aromatic amines is 1. The number of likely N-dealkylation sites (N-methyl/N-ethyl adjacent to an activating group) is 1. The van der Waals surface area contributed by atoms with E-state index >= 15 is 4.39 Å². The van der Waals surface area contributed by atoms with Crippen molar-refractivity contribution in [3.8, 4) is 11.1 Å². The molecule has 0 spiro atoms. The van der Waals surface area contributed by atoms with E-state index in [0.717, 1.165) is 18.7 Å². The van der Waals surface area contributed by atoms with Crippen LogP contribution in [0.15, 0.2) is 91.1 Å². The molecule has 224 valence electrons. The smallest absolute Gasteiger partial charge is 0.136 e.